The van der Waals surface area contributed by atoms with Gasteiger partial charge in [0.25, 0.3) is 0 Å². The van der Waals surface area contributed by atoms with Crippen molar-refractivity contribution in [2.75, 3.05) is 26.4 Å². The van der Waals surface area contributed by atoms with Crippen LogP contribution in [0.15, 0.2) is 48.6 Å². The van der Waals surface area contributed by atoms with E-state index in [-0.39, 0.29) is 38.6 Å². The van der Waals surface area contributed by atoms with Crippen LogP contribution in [0.25, 0.3) is 0 Å². The number of phosphoric acid groups is 1. The SMILES string of the molecule is CC/C=C\C/C=C\C/C=C\C/C=C\CCCCCCCCCCC(=O)OC(COC(=O)CCCCCCCCCCCCCCCCCCCCC)COP(=O)(O)OCCN. The summed E-state index contributed by atoms with van der Waals surface area (Å²) in [6, 6.07) is 0. The van der Waals surface area contributed by atoms with E-state index in [1.807, 2.05) is 0 Å². The zero-order valence-electron chi connectivity index (χ0n) is 39.4. The molecule has 3 N–H and O–H groups in total. The van der Waals surface area contributed by atoms with Crippen molar-refractivity contribution in [2.24, 2.45) is 5.73 Å². The van der Waals surface area contributed by atoms with Crippen LogP contribution in [-0.4, -0.2) is 49.3 Å². The Morgan fingerprint density at radius 2 is 0.902 bits per heavy atom. The lowest BCUT2D eigenvalue weighted by Gasteiger charge is -2.19. The van der Waals surface area contributed by atoms with Crippen LogP contribution in [0.3, 0.4) is 0 Å². The Bertz CT molecular complexity index is 1140. The van der Waals surface area contributed by atoms with E-state index in [0.29, 0.717) is 6.42 Å². The van der Waals surface area contributed by atoms with Crippen LogP contribution >= 0.6 is 7.82 Å². The van der Waals surface area contributed by atoms with Crippen LogP contribution in [0.4, 0.5) is 0 Å². The summed E-state index contributed by atoms with van der Waals surface area (Å²) >= 11 is 0. The molecule has 61 heavy (non-hydrogen) atoms. The van der Waals surface area contributed by atoms with Crippen LogP contribution in [0.2, 0.25) is 0 Å². The molecule has 0 radical (unpaired) electrons. The third kappa shape index (κ3) is 47.3. The van der Waals surface area contributed by atoms with Crippen molar-refractivity contribution < 1.29 is 37.6 Å². The Labute approximate surface area is 375 Å². The molecule has 0 aromatic carbocycles. The number of unbranched alkanes of at least 4 members (excludes halogenated alkanes) is 26. The summed E-state index contributed by atoms with van der Waals surface area (Å²) in [5, 5.41) is 0. The minimum Gasteiger partial charge on any atom is -0.462 e. The maximum atomic E-state index is 12.6. The molecule has 0 heterocycles. The molecule has 9 nitrogen and oxygen atoms in total. The predicted molar refractivity (Wildman–Crippen MR) is 257 cm³/mol. The van der Waals surface area contributed by atoms with Crippen molar-refractivity contribution in [1.82, 2.24) is 0 Å². The molecular formula is C51H94NO8P. The third-order valence-electron chi connectivity index (χ3n) is 10.7. The summed E-state index contributed by atoms with van der Waals surface area (Å²) in [5.41, 5.74) is 5.36. The Morgan fingerprint density at radius 1 is 0.508 bits per heavy atom. The van der Waals surface area contributed by atoms with Gasteiger partial charge in [-0.1, -0.05) is 217 Å². The number of phosphoric ester groups is 1. The van der Waals surface area contributed by atoms with Gasteiger partial charge in [0, 0.05) is 19.4 Å². The van der Waals surface area contributed by atoms with Gasteiger partial charge in [0.2, 0.25) is 0 Å². The van der Waals surface area contributed by atoms with Crippen LogP contribution in [0.1, 0.15) is 232 Å². The molecule has 0 saturated carbocycles. The van der Waals surface area contributed by atoms with Gasteiger partial charge in [0.1, 0.15) is 6.61 Å². The summed E-state index contributed by atoms with van der Waals surface area (Å²) in [6.07, 6.45) is 55.7. The van der Waals surface area contributed by atoms with Crippen molar-refractivity contribution in [1.29, 1.82) is 0 Å². The first-order chi connectivity index (χ1) is 29.8. The first-order valence-corrected chi connectivity index (χ1v) is 26.6. The van der Waals surface area contributed by atoms with E-state index in [0.717, 1.165) is 70.6 Å². The van der Waals surface area contributed by atoms with Gasteiger partial charge in [-0.3, -0.25) is 18.6 Å². The Morgan fingerprint density at radius 3 is 1.34 bits per heavy atom. The molecule has 0 bridgehead atoms. The van der Waals surface area contributed by atoms with E-state index in [9.17, 15) is 19.0 Å². The van der Waals surface area contributed by atoms with E-state index in [4.69, 9.17) is 24.3 Å². The monoisotopic (exact) mass is 880 g/mol. The van der Waals surface area contributed by atoms with Gasteiger partial charge in [0.05, 0.1) is 13.2 Å². The number of rotatable bonds is 47. The molecule has 0 aromatic heterocycles. The number of hydrogen-bond donors (Lipinski definition) is 2. The van der Waals surface area contributed by atoms with Crippen LogP contribution < -0.4 is 5.73 Å². The number of allylic oxidation sites excluding steroid dienone is 8. The van der Waals surface area contributed by atoms with Crippen molar-refractivity contribution in [2.45, 2.75) is 238 Å². The predicted octanol–water partition coefficient (Wildman–Crippen LogP) is 15.1. The lowest BCUT2D eigenvalue weighted by atomic mass is 10.0. The number of carbonyl (C=O) groups is 2. The fourth-order valence-electron chi connectivity index (χ4n) is 7.04. The second kappa shape index (κ2) is 47.4. The largest absolute Gasteiger partial charge is 0.472 e. The summed E-state index contributed by atoms with van der Waals surface area (Å²) in [7, 11) is -4.38. The van der Waals surface area contributed by atoms with E-state index >= 15 is 0 Å². The van der Waals surface area contributed by atoms with E-state index in [2.05, 4.69) is 62.5 Å². The maximum Gasteiger partial charge on any atom is 0.472 e. The van der Waals surface area contributed by atoms with Gasteiger partial charge >= 0.3 is 19.8 Å². The average molecular weight is 880 g/mol. The zero-order valence-corrected chi connectivity index (χ0v) is 40.3. The second-order valence-corrected chi connectivity index (χ2v) is 18.1. The standard InChI is InChI=1S/C51H94NO8P/c1-3-5-7-9-11-13-15-17-19-21-23-24-26-28-30-32-34-36-38-40-42-44-51(54)60-49(48-59-61(55,56)58-46-45-52)47-57-50(53)43-41-39-37-35-33-31-29-27-25-22-20-18-16-14-12-10-8-6-4-2/h5,7,11,13,17,19,23-24,49H,3-4,6,8-10,12,14-16,18,20-22,25-48,52H2,1-2H3,(H,55,56)/b7-5-,13-11-,19-17-,24-23-. The number of ether oxygens (including phenoxy) is 2. The molecule has 0 aliphatic rings. The van der Waals surface area contributed by atoms with Gasteiger partial charge in [-0.25, -0.2) is 4.57 Å². The third-order valence-corrected chi connectivity index (χ3v) is 11.7. The van der Waals surface area contributed by atoms with Gasteiger partial charge in [-0.05, 0) is 51.4 Å². The molecule has 356 valence electrons. The molecule has 0 aliphatic heterocycles. The summed E-state index contributed by atoms with van der Waals surface area (Å²) < 4.78 is 32.9. The molecular weight excluding hydrogens is 786 g/mol. The van der Waals surface area contributed by atoms with Crippen LogP contribution in [0.5, 0.6) is 0 Å². The van der Waals surface area contributed by atoms with Crippen molar-refractivity contribution in [3.63, 3.8) is 0 Å². The minimum absolute atomic E-state index is 0.0517. The highest BCUT2D eigenvalue weighted by Crippen LogP contribution is 2.43. The summed E-state index contributed by atoms with van der Waals surface area (Å²) in [5.74, 6) is -0.829. The highest BCUT2D eigenvalue weighted by atomic mass is 31.2. The molecule has 0 spiro atoms. The number of esters is 2. The second-order valence-electron chi connectivity index (χ2n) is 16.7. The average Bonchev–Trinajstić information content (AvgIpc) is 3.25. The van der Waals surface area contributed by atoms with Gasteiger partial charge in [0.15, 0.2) is 6.10 Å². The Balaban J connectivity index is 4.06. The van der Waals surface area contributed by atoms with Crippen LogP contribution in [-0.2, 0) is 32.7 Å². The molecule has 0 rings (SSSR count). The summed E-state index contributed by atoms with van der Waals surface area (Å²) in [6.45, 7) is 3.64. The Hall–Kier alpha value is -2.03. The molecule has 2 atom stereocenters. The molecule has 10 heteroatoms. The van der Waals surface area contributed by atoms with Crippen molar-refractivity contribution in [3.05, 3.63) is 48.6 Å². The number of hydrogen-bond acceptors (Lipinski definition) is 8. The molecule has 2 unspecified atom stereocenters. The fourth-order valence-corrected chi connectivity index (χ4v) is 7.80. The quantitative estimate of drug-likeness (QED) is 0.0265. The van der Waals surface area contributed by atoms with E-state index in [1.54, 1.807) is 0 Å². The summed E-state index contributed by atoms with van der Waals surface area (Å²) in [4.78, 5) is 35.0. The molecule has 0 aromatic rings. The maximum absolute atomic E-state index is 12.6. The van der Waals surface area contributed by atoms with E-state index in [1.165, 1.54) is 128 Å². The fraction of sp³-hybridized carbons (Fsp3) is 0.804. The lowest BCUT2D eigenvalue weighted by molar-refractivity contribution is -0.161. The van der Waals surface area contributed by atoms with Gasteiger partial charge < -0.3 is 20.1 Å². The normalized spacial score (nSPS) is 13.6. The van der Waals surface area contributed by atoms with Gasteiger partial charge in [-0.2, -0.15) is 0 Å². The molecule has 0 amide bonds. The molecule has 0 aliphatic carbocycles. The number of nitrogens with two attached hydrogens (primary N) is 1. The molecule has 0 saturated heterocycles. The van der Waals surface area contributed by atoms with Crippen molar-refractivity contribution >= 4 is 19.8 Å². The first kappa shape index (κ1) is 59.0. The first-order valence-electron chi connectivity index (χ1n) is 25.1. The topological polar surface area (TPSA) is 134 Å². The molecule has 0 fully saturated rings. The zero-order chi connectivity index (χ0) is 44.6. The lowest BCUT2D eigenvalue weighted by Crippen LogP contribution is -2.29. The smallest absolute Gasteiger partial charge is 0.462 e. The Kier molecular flexibility index (Phi) is 45.9. The van der Waals surface area contributed by atoms with E-state index < -0.39 is 26.5 Å². The van der Waals surface area contributed by atoms with Crippen molar-refractivity contribution in [3.8, 4) is 0 Å². The van der Waals surface area contributed by atoms with Crippen LogP contribution in [0, 0.1) is 0 Å². The highest BCUT2D eigenvalue weighted by molar-refractivity contribution is 7.47. The van der Waals surface area contributed by atoms with Gasteiger partial charge in [-0.15, -0.1) is 0 Å². The minimum atomic E-state index is -4.38. The number of carbonyl (C=O) groups excluding carboxylic acids is 2. The highest BCUT2D eigenvalue weighted by Gasteiger charge is 2.26.